The van der Waals surface area contributed by atoms with Gasteiger partial charge < -0.3 is 19.3 Å². The van der Waals surface area contributed by atoms with Gasteiger partial charge in [0.2, 0.25) is 0 Å². The van der Waals surface area contributed by atoms with Crippen molar-refractivity contribution in [3.8, 4) is 0 Å². The van der Waals surface area contributed by atoms with Crippen LogP contribution in [0.5, 0.6) is 0 Å². The van der Waals surface area contributed by atoms with Crippen molar-refractivity contribution in [1.82, 2.24) is 0 Å². The van der Waals surface area contributed by atoms with Crippen LogP contribution in [0.1, 0.15) is 45.7 Å². The molecule has 2 aliphatic rings. The predicted molar refractivity (Wildman–Crippen MR) is 104 cm³/mol. The predicted octanol–water partition coefficient (Wildman–Crippen LogP) is 4.18. The molecule has 1 aromatic carbocycles. The van der Waals surface area contributed by atoms with Crippen molar-refractivity contribution in [3.63, 3.8) is 0 Å². The van der Waals surface area contributed by atoms with Crippen LogP contribution in [0.25, 0.3) is 0 Å². The van der Waals surface area contributed by atoms with E-state index in [0.29, 0.717) is 0 Å². The zero-order chi connectivity index (χ0) is 19.3. The lowest BCUT2D eigenvalue weighted by Crippen LogP contribution is -2.37. The minimum Gasteiger partial charge on any atom is -0.386 e. The first-order valence-corrected chi connectivity index (χ1v) is 9.99. The Balaban J connectivity index is 1.87. The van der Waals surface area contributed by atoms with Gasteiger partial charge in [-0.3, -0.25) is 0 Å². The third-order valence-corrected chi connectivity index (χ3v) is 6.23. The molecule has 2 fully saturated rings. The number of aliphatic hydroxyl groups excluding tert-OH is 1. The largest absolute Gasteiger partial charge is 0.386 e. The van der Waals surface area contributed by atoms with Gasteiger partial charge in [-0.05, 0) is 43.4 Å². The summed E-state index contributed by atoms with van der Waals surface area (Å²) in [5.41, 5.74) is 2.33. The number of aryl methyl sites for hydroxylation is 1. The van der Waals surface area contributed by atoms with Gasteiger partial charge in [-0.15, -0.1) is 6.58 Å². The molecular weight excluding hydrogens is 348 g/mol. The van der Waals surface area contributed by atoms with Crippen molar-refractivity contribution in [3.05, 3.63) is 42.0 Å². The highest BCUT2D eigenvalue weighted by atomic mass is 32.2. The molecule has 0 bridgehead atoms. The zero-order valence-electron chi connectivity index (χ0n) is 16.5. The molecule has 3 rings (SSSR count). The van der Waals surface area contributed by atoms with E-state index in [1.54, 1.807) is 11.8 Å². The van der Waals surface area contributed by atoms with Crippen molar-refractivity contribution >= 4 is 11.8 Å². The summed E-state index contributed by atoms with van der Waals surface area (Å²) in [6.45, 7) is 16.2. The van der Waals surface area contributed by atoms with E-state index >= 15 is 0 Å². The molecule has 0 aromatic heterocycles. The van der Waals surface area contributed by atoms with E-state index in [-0.39, 0.29) is 23.1 Å². The Morgan fingerprint density at radius 2 is 1.88 bits per heavy atom. The molecule has 0 aliphatic carbocycles. The first kappa shape index (κ1) is 19.9. The fourth-order valence-electron chi connectivity index (χ4n) is 3.41. The third-order valence-electron chi connectivity index (χ3n) is 4.92. The zero-order valence-corrected chi connectivity index (χ0v) is 17.3. The number of thioether (sulfide) groups is 1. The van der Waals surface area contributed by atoms with Gasteiger partial charge in [0, 0.05) is 4.90 Å². The van der Waals surface area contributed by atoms with E-state index in [9.17, 15) is 5.11 Å². The number of hydrogen-bond donors (Lipinski definition) is 1. The molecule has 2 heterocycles. The van der Waals surface area contributed by atoms with Crippen molar-refractivity contribution in [2.45, 2.75) is 87.5 Å². The van der Waals surface area contributed by atoms with Crippen molar-refractivity contribution in [1.29, 1.82) is 0 Å². The van der Waals surface area contributed by atoms with Gasteiger partial charge in [0.15, 0.2) is 5.79 Å². The highest BCUT2D eigenvalue weighted by Crippen LogP contribution is 2.46. The Hall–Kier alpha value is -0.850. The van der Waals surface area contributed by atoms with E-state index in [4.69, 9.17) is 14.2 Å². The van der Waals surface area contributed by atoms with Crippen molar-refractivity contribution in [2.24, 2.45) is 0 Å². The van der Waals surface area contributed by atoms with Crippen LogP contribution >= 0.6 is 11.8 Å². The molecule has 2 aliphatic heterocycles. The number of ether oxygens (including phenoxy) is 3. The van der Waals surface area contributed by atoms with E-state index in [1.165, 1.54) is 22.1 Å². The number of fused-ring (bicyclic) bond motifs is 1. The monoisotopic (exact) mass is 378 g/mol. The highest BCUT2D eigenvalue weighted by Gasteiger charge is 2.56. The fourth-order valence-corrected chi connectivity index (χ4v) is 4.64. The minimum absolute atomic E-state index is 0.0820. The molecule has 0 radical (unpaired) electrons. The molecule has 0 amide bonds. The molecule has 144 valence electrons. The van der Waals surface area contributed by atoms with Gasteiger partial charge in [-0.25, -0.2) is 0 Å². The summed E-state index contributed by atoms with van der Waals surface area (Å²) in [4.78, 5) is 1.17. The van der Waals surface area contributed by atoms with Crippen LogP contribution in [-0.4, -0.2) is 40.7 Å². The minimum atomic E-state index is -0.785. The molecule has 1 N–H and O–H groups in total. The first-order chi connectivity index (χ1) is 12.0. The molecule has 2 saturated heterocycles. The maximum absolute atomic E-state index is 10.3. The molecule has 26 heavy (non-hydrogen) atoms. The van der Waals surface area contributed by atoms with Crippen LogP contribution in [0.3, 0.4) is 0 Å². The van der Waals surface area contributed by atoms with E-state index < -0.39 is 18.0 Å². The van der Waals surface area contributed by atoms with Crippen LogP contribution in [0.4, 0.5) is 0 Å². The second kappa shape index (κ2) is 6.95. The first-order valence-electron chi connectivity index (χ1n) is 9.11. The Labute approximate surface area is 160 Å². The summed E-state index contributed by atoms with van der Waals surface area (Å²) in [5.74, 6) is -0.681. The van der Waals surface area contributed by atoms with Gasteiger partial charge in [0.1, 0.15) is 29.9 Å². The number of rotatable bonds is 4. The summed E-state index contributed by atoms with van der Waals surface area (Å²) in [7, 11) is 0. The smallest absolute Gasteiger partial charge is 0.164 e. The van der Waals surface area contributed by atoms with Gasteiger partial charge in [0.05, 0.1) is 0 Å². The molecule has 5 heteroatoms. The Morgan fingerprint density at radius 3 is 2.50 bits per heavy atom. The normalized spacial score (nSPS) is 31.7. The van der Waals surface area contributed by atoms with Gasteiger partial charge in [-0.2, -0.15) is 0 Å². The Morgan fingerprint density at radius 1 is 1.23 bits per heavy atom. The lowest BCUT2D eigenvalue weighted by atomic mass is 9.87. The summed E-state index contributed by atoms with van der Waals surface area (Å²) < 4.78 is 18.3. The molecule has 1 aromatic rings. The maximum atomic E-state index is 10.3. The average molecular weight is 379 g/mol. The maximum Gasteiger partial charge on any atom is 0.164 e. The van der Waals surface area contributed by atoms with Crippen molar-refractivity contribution < 1.29 is 19.3 Å². The molecule has 0 unspecified atom stereocenters. The molecular formula is C21H30O4S. The third kappa shape index (κ3) is 3.87. The van der Waals surface area contributed by atoms with Crippen LogP contribution < -0.4 is 0 Å². The standard InChI is InChI=1S/C21H30O4S/c1-8-14(22)16-17-18(25-21(6,7)24-17)19(23-16)26-15-11-13(20(3,4)5)10-9-12(15)2/h8-11,14,16-19,22H,1H2,2-7H3/t14-,16-,17-,18-,19+/m1/s1. The van der Waals surface area contributed by atoms with Gasteiger partial charge in [-0.1, -0.05) is 50.7 Å². The molecule has 0 spiro atoms. The summed E-state index contributed by atoms with van der Waals surface area (Å²) in [5, 5.41) is 10.3. The number of benzene rings is 1. The summed E-state index contributed by atoms with van der Waals surface area (Å²) in [6, 6.07) is 6.57. The quantitative estimate of drug-likeness (QED) is 0.797. The lowest BCUT2D eigenvalue weighted by molar-refractivity contribution is -0.185. The van der Waals surface area contributed by atoms with E-state index in [1.807, 2.05) is 13.8 Å². The van der Waals surface area contributed by atoms with Crippen LogP contribution in [0, 0.1) is 6.92 Å². The van der Waals surface area contributed by atoms with E-state index in [2.05, 4.69) is 52.5 Å². The number of aliphatic hydroxyl groups is 1. The van der Waals surface area contributed by atoms with Crippen LogP contribution in [-0.2, 0) is 19.6 Å². The number of hydrogen-bond acceptors (Lipinski definition) is 5. The SMILES string of the molecule is C=C[C@@H](O)[C@H]1O[C@@H](Sc2cc(C(C)(C)C)ccc2C)[C@@H]2OC(C)(C)O[C@@H]21. The molecule has 5 atom stereocenters. The second-order valence-electron chi connectivity index (χ2n) is 8.61. The van der Waals surface area contributed by atoms with Gasteiger partial charge >= 0.3 is 0 Å². The molecule has 0 saturated carbocycles. The molecule has 4 nitrogen and oxygen atoms in total. The van der Waals surface area contributed by atoms with Crippen LogP contribution in [0.15, 0.2) is 35.7 Å². The highest BCUT2D eigenvalue weighted by molar-refractivity contribution is 7.99. The Kier molecular flexibility index (Phi) is 5.32. The Bertz CT molecular complexity index is 679. The topological polar surface area (TPSA) is 47.9 Å². The van der Waals surface area contributed by atoms with Crippen molar-refractivity contribution in [2.75, 3.05) is 0 Å². The van der Waals surface area contributed by atoms with E-state index in [0.717, 1.165) is 0 Å². The summed E-state index contributed by atoms with van der Waals surface area (Å²) >= 11 is 1.64. The van der Waals surface area contributed by atoms with Gasteiger partial charge in [0.25, 0.3) is 0 Å². The average Bonchev–Trinajstić information content (AvgIpc) is 3.01. The van der Waals surface area contributed by atoms with Crippen LogP contribution in [0.2, 0.25) is 0 Å². The second-order valence-corrected chi connectivity index (χ2v) is 9.75. The lowest BCUT2D eigenvalue weighted by Gasteiger charge is -2.26. The summed E-state index contributed by atoms with van der Waals surface area (Å²) in [6.07, 6.45) is -0.293. The fraction of sp³-hybridized carbons (Fsp3) is 0.619.